The van der Waals surface area contributed by atoms with Crippen LogP contribution >= 0.6 is 12.4 Å². The quantitative estimate of drug-likeness (QED) is 0.728. The molecular weight excluding hydrogens is 314 g/mol. The number of amides is 1. The molecule has 1 saturated heterocycles. The summed E-state index contributed by atoms with van der Waals surface area (Å²) in [5.74, 6) is 1.22. The van der Waals surface area contributed by atoms with Crippen LogP contribution in [0.3, 0.4) is 0 Å². The fourth-order valence-corrected chi connectivity index (χ4v) is 3.16. The number of likely N-dealkylation sites (tertiary alicyclic amines) is 1. The summed E-state index contributed by atoms with van der Waals surface area (Å²) in [5, 5.41) is 0. The highest BCUT2D eigenvalue weighted by molar-refractivity contribution is 5.85. The van der Waals surface area contributed by atoms with Crippen molar-refractivity contribution in [3.05, 3.63) is 0 Å². The standard InChI is InChI=1S/C17H35N3O2.ClH/c1-13(2)10-20(11-14(3)4)17(21)12-19-7-6-16(22-5)8-15(19)9-18;/h13-16H,6-12,18H2,1-5H3;1H. The lowest BCUT2D eigenvalue weighted by molar-refractivity contribution is -0.135. The van der Waals surface area contributed by atoms with E-state index in [0.717, 1.165) is 32.5 Å². The first kappa shape index (κ1) is 22.6. The van der Waals surface area contributed by atoms with Crippen LogP contribution in [-0.2, 0) is 9.53 Å². The van der Waals surface area contributed by atoms with Crippen molar-refractivity contribution in [3.63, 3.8) is 0 Å². The van der Waals surface area contributed by atoms with Gasteiger partial charge < -0.3 is 15.4 Å². The Hall–Kier alpha value is -0.360. The fraction of sp³-hybridized carbons (Fsp3) is 0.941. The lowest BCUT2D eigenvalue weighted by Crippen LogP contribution is -2.53. The zero-order valence-corrected chi connectivity index (χ0v) is 16.3. The number of piperidine rings is 1. The highest BCUT2D eigenvalue weighted by Gasteiger charge is 2.30. The van der Waals surface area contributed by atoms with Gasteiger partial charge in [-0.05, 0) is 24.7 Å². The number of carbonyl (C=O) groups is 1. The maximum absolute atomic E-state index is 12.7. The first-order valence-corrected chi connectivity index (χ1v) is 8.62. The Bertz CT molecular complexity index is 330. The maximum Gasteiger partial charge on any atom is 0.236 e. The van der Waals surface area contributed by atoms with Gasteiger partial charge in [-0.15, -0.1) is 12.4 Å². The molecule has 138 valence electrons. The van der Waals surface area contributed by atoms with Crippen molar-refractivity contribution < 1.29 is 9.53 Å². The van der Waals surface area contributed by atoms with Gasteiger partial charge in [0.25, 0.3) is 0 Å². The maximum atomic E-state index is 12.7. The van der Waals surface area contributed by atoms with E-state index in [1.807, 2.05) is 4.90 Å². The van der Waals surface area contributed by atoms with Crippen LogP contribution in [0.4, 0.5) is 0 Å². The average Bonchev–Trinajstić information content (AvgIpc) is 2.45. The van der Waals surface area contributed by atoms with Crippen molar-refractivity contribution in [2.45, 2.75) is 52.7 Å². The normalized spacial score (nSPS) is 22.3. The second-order valence-electron chi connectivity index (χ2n) is 7.33. The lowest BCUT2D eigenvalue weighted by Gasteiger charge is -2.39. The van der Waals surface area contributed by atoms with Gasteiger partial charge in [-0.2, -0.15) is 0 Å². The molecule has 2 N–H and O–H groups in total. The number of rotatable bonds is 8. The number of nitrogens with zero attached hydrogens (tertiary/aromatic N) is 2. The zero-order chi connectivity index (χ0) is 16.7. The van der Waals surface area contributed by atoms with Gasteiger partial charge in [0.2, 0.25) is 5.91 Å². The van der Waals surface area contributed by atoms with Crippen LogP contribution in [0.25, 0.3) is 0 Å². The zero-order valence-electron chi connectivity index (χ0n) is 15.5. The Morgan fingerprint density at radius 1 is 1.26 bits per heavy atom. The van der Waals surface area contributed by atoms with E-state index in [4.69, 9.17) is 10.5 Å². The number of methoxy groups -OCH3 is 1. The minimum absolute atomic E-state index is 0. The van der Waals surface area contributed by atoms with Gasteiger partial charge in [-0.3, -0.25) is 9.69 Å². The highest BCUT2D eigenvalue weighted by atomic mass is 35.5. The largest absolute Gasteiger partial charge is 0.381 e. The van der Waals surface area contributed by atoms with E-state index in [1.165, 1.54) is 0 Å². The molecule has 0 aromatic carbocycles. The number of nitrogens with two attached hydrogens (primary N) is 1. The first-order valence-electron chi connectivity index (χ1n) is 8.62. The molecule has 23 heavy (non-hydrogen) atoms. The van der Waals surface area contributed by atoms with Crippen molar-refractivity contribution in [1.29, 1.82) is 0 Å². The molecule has 1 aliphatic heterocycles. The van der Waals surface area contributed by atoms with Gasteiger partial charge in [-0.25, -0.2) is 0 Å². The molecule has 0 aromatic rings. The second-order valence-corrected chi connectivity index (χ2v) is 7.33. The number of carbonyl (C=O) groups excluding carboxylic acids is 1. The van der Waals surface area contributed by atoms with Crippen LogP contribution in [0.5, 0.6) is 0 Å². The summed E-state index contributed by atoms with van der Waals surface area (Å²) in [6.07, 6.45) is 2.19. The molecule has 0 radical (unpaired) electrons. The summed E-state index contributed by atoms with van der Waals surface area (Å²) in [6.45, 7) is 12.3. The summed E-state index contributed by atoms with van der Waals surface area (Å²) >= 11 is 0. The van der Waals surface area contributed by atoms with Crippen LogP contribution in [0.15, 0.2) is 0 Å². The van der Waals surface area contributed by atoms with Crippen LogP contribution in [0, 0.1) is 11.8 Å². The van der Waals surface area contributed by atoms with Gasteiger partial charge in [0.1, 0.15) is 0 Å². The summed E-state index contributed by atoms with van der Waals surface area (Å²) in [6, 6.07) is 0.252. The van der Waals surface area contributed by atoms with Crippen LogP contribution in [0.2, 0.25) is 0 Å². The lowest BCUT2D eigenvalue weighted by atomic mass is 9.99. The third-order valence-corrected chi connectivity index (χ3v) is 4.26. The van der Waals surface area contributed by atoms with E-state index in [2.05, 4.69) is 32.6 Å². The SMILES string of the molecule is COC1CCN(CC(=O)N(CC(C)C)CC(C)C)C(CN)C1.Cl. The van der Waals surface area contributed by atoms with E-state index >= 15 is 0 Å². The Morgan fingerprint density at radius 3 is 2.26 bits per heavy atom. The molecule has 0 spiro atoms. The third-order valence-electron chi connectivity index (χ3n) is 4.26. The Balaban J connectivity index is 0.00000484. The smallest absolute Gasteiger partial charge is 0.236 e. The van der Waals surface area contributed by atoms with Crippen molar-refractivity contribution in [2.24, 2.45) is 17.6 Å². The van der Waals surface area contributed by atoms with Crippen LogP contribution < -0.4 is 5.73 Å². The molecule has 0 aliphatic carbocycles. The molecule has 1 fully saturated rings. The number of halogens is 1. The van der Waals surface area contributed by atoms with Crippen LogP contribution in [-0.4, -0.2) is 67.7 Å². The van der Waals surface area contributed by atoms with Crippen molar-refractivity contribution in [3.8, 4) is 0 Å². The average molecular weight is 350 g/mol. The Morgan fingerprint density at radius 2 is 1.83 bits per heavy atom. The predicted molar refractivity (Wildman–Crippen MR) is 98.0 cm³/mol. The third kappa shape index (κ3) is 7.84. The second kappa shape index (κ2) is 11.2. The van der Waals surface area contributed by atoms with E-state index < -0.39 is 0 Å². The van der Waals surface area contributed by atoms with E-state index in [0.29, 0.717) is 24.9 Å². The first-order chi connectivity index (χ1) is 10.4. The Kier molecular flexibility index (Phi) is 11.1. The minimum Gasteiger partial charge on any atom is -0.381 e. The van der Waals surface area contributed by atoms with Crippen molar-refractivity contribution in [2.75, 3.05) is 39.8 Å². The van der Waals surface area contributed by atoms with Gasteiger partial charge >= 0.3 is 0 Å². The van der Waals surface area contributed by atoms with E-state index in [1.54, 1.807) is 7.11 Å². The minimum atomic E-state index is 0. The Labute approximate surface area is 148 Å². The van der Waals surface area contributed by atoms with E-state index in [9.17, 15) is 4.79 Å². The molecule has 0 saturated carbocycles. The molecule has 1 aliphatic rings. The molecule has 0 aromatic heterocycles. The van der Waals surface area contributed by atoms with Gasteiger partial charge in [0.05, 0.1) is 12.6 Å². The van der Waals surface area contributed by atoms with Gasteiger partial charge in [-0.1, -0.05) is 27.7 Å². The molecule has 1 heterocycles. The van der Waals surface area contributed by atoms with Gasteiger partial charge in [0.15, 0.2) is 0 Å². The monoisotopic (exact) mass is 349 g/mol. The summed E-state index contributed by atoms with van der Waals surface area (Å²) in [7, 11) is 1.76. The number of ether oxygens (including phenoxy) is 1. The predicted octanol–water partition coefficient (Wildman–Crippen LogP) is 1.99. The number of hydrogen-bond acceptors (Lipinski definition) is 4. The number of hydrogen-bond donors (Lipinski definition) is 1. The van der Waals surface area contributed by atoms with Crippen LogP contribution in [0.1, 0.15) is 40.5 Å². The fourth-order valence-electron chi connectivity index (χ4n) is 3.16. The summed E-state index contributed by atoms with van der Waals surface area (Å²) < 4.78 is 5.45. The van der Waals surface area contributed by atoms with Crippen molar-refractivity contribution in [1.82, 2.24) is 9.80 Å². The molecule has 2 atom stereocenters. The summed E-state index contributed by atoms with van der Waals surface area (Å²) in [4.78, 5) is 17.0. The topological polar surface area (TPSA) is 58.8 Å². The molecule has 1 amide bonds. The molecule has 5 nitrogen and oxygen atoms in total. The molecule has 1 rings (SSSR count). The summed E-state index contributed by atoms with van der Waals surface area (Å²) in [5.41, 5.74) is 5.90. The molecular formula is C17H36ClN3O2. The van der Waals surface area contributed by atoms with Crippen molar-refractivity contribution >= 4 is 18.3 Å². The molecule has 6 heteroatoms. The van der Waals surface area contributed by atoms with Gasteiger partial charge in [0, 0.05) is 39.3 Å². The highest BCUT2D eigenvalue weighted by Crippen LogP contribution is 2.19. The molecule has 2 unspecified atom stereocenters. The molecule has 0 bridgehead atoms. The van der Waals surface area contributed by atoms with E-state index in [-0.39, 0.29) is 30.5 Å².